The van der Waals surface area contributed by atoms with E-state index < -0.39 is 0 Å². The Balaban J connectivity index is 1.73. The largest absolute Gasteiger partial charge is 0.361 e. The van der Waals surface area contributed by atoms with Gasteiger partial charge < -0.3 is 15.2 Å². The van der Waals surface area contributed by atoms with Crippen LogP contribution in [-0.2, 0) is 12.8 Å². The summed E-state index contributed by atoms with van der Waals surface area (Å²) >= 11 is 0. The summed E-state index contributed by atoms with van der Waals surface area (Å²) in [6.45, 7) is 5.29. The quantitative estimate of drug-likeness (QED) is 0.634. The molecule has 6 heteroatoms. The molecule has 1 aromatic heterocycles. The molecule has 0 atom stereocenters. The van der Waals surface area contributed by atoms with Crippen LogP contribution in [0.4, 0.5) is 4.39 Å². The fourth-order valence-corrected chi connectivity index (χ4v) is 2.40. The Morgan fingerprint density at radius 3 is 2.57 bits per heavy atom. The van der Waals surface area contributed by atoms with Crippen molar-refractivity contribution >= 4 is 5.96 Å². The maximum Gasteiger partial charge on any atom is 0.190 e. The molecular formula is C17H23FN4O. The highest BCUT2D eigenvalue weighted by molar-refractivity contribution is 5.79. The number of nitrogens with one attached hydrogen (secondary N) is 2. The summed E-state index contributed by atoms with van der Waals surface area (Å²) in [5.74, 6) is 1.39. The lowest BCUT2D eigenvalue weighted by Gasteiger charge is -2.11. The van der Waals surface area contributed by atoms with Crippen molar-refractivity contribution < 1.29 is 8.91 Å². The predicted octanol–water partition coefficient (Wildman–Crippen LogP) is 2.38. The molecule has 1 aromatic carbocycles. The lowest BCUT2D eigenvalue weighted by atomic mass is 10.1. The van der Waals surface area contributed by atoms with Crippen molar-refractivity contribution in [3.63, 3.8) is 0 Å². The summed E-state index contributed by atoms with van der Waals surface area (Å²) in [7, 11) is 1.73. The highest BCUT2D eigenvalue weighted by Crippen LogP contribution is 2.11. The van der Waals surface area contributed by atoms with Gasteiger partial charge in [-0.2, -0.15) is 0 Å². The average molecular weight is 318 g/mol. The van der Waals surface area contributed by atoms with Gasteiger partial charge in [0.05, 0.1) is 5.69 Å². The SMILES string of the molecule is CN=C(NCCc1cccc(F)c1)NCCc1c(C)noc1C. The molecule has 5 nitrogen and oxygen atoms in total. The van der Waals surface area contributed by atoms with Crippen LogP contribution in [0, 0.1) is 19.7 Å². The average Bonchev–Trinajstić information content (AvgIpc) is 2.85. The summed E-state index contributed by atoms with van der Waals surface area (Å²) in [5, 5.41) is 10.4. The van der Waals surface area contributed by atoms with Crippen LogP contribution in [0.25, 0.3) is 0 Å². The Hall–Kier alpha value is -2.37. The first-order chi connectivity index (χ1) is 11.1. The molecule has 0 saturated heterocycles. The Labute approximate surface area is 136 Å². The summed E-state index contributed by atoms with van der Waals surface area (Å²) in [6.07, 6.45) is 1.56. The van der Waals surface area contributed by atoms with Crippen molar-refractivity contribution in [1.29, 1.82) is 0 Å². The molecule has 2 rings (SSSR count). The van der Waals surface area contributed by atoms with Crippen molar-refractivity contribution in [1.82, 2.24) is 15.8 Å². The molecule has 0 spiro atoms. The maximum absolute atomic E-state index is 13.1. The third kappa shape index (κ3) is 5.09. The minimum absolute atomic E-state index is 0.204. The van der Waals surface area contributed by atoms with E-state index in [1.54, 1.807) is 19.2 Å². The summed E-state index contributed by atoms with van der Waals surface area (Å²) in [6, 6.07) is 6.64. The fraction of sp³-hybridized carbons (Fsp3) is 0.412. The van der Waals surface area contributed by atoms with Crippen molar-refractivity contribution in [2.75, 3.05) is 20.1 Å². The molecule has 0 unspecified atom stereocenters. The number of nitrogens with zero attached hydrogens (tertiary/aromatic N) is 2. The molecule has 2 N–H and O–H groups in total. The lowest BCUT2D eigenvalue weighted by molar-refractivity contribution is 0.392. The molecule has 0 saturated carbocycles. The highest BCUT2D eigenvalue weighted by atomic mass is 19.1. The van der Waals surface area contributed by atoms with Gasteiger partial charge in [-0.15, -0.1) is 0 Å². The van der Waals surface area contributed by atoms with Crippen LogP contribution in [0.2, 0.25) is 0 Å². The third-order valence-electron chi connectivity index (χ3n) is 3.67. The molecular weight excluding hydrogens is 295 g/mol. The molecule has 2 aromatic rings. The number of aliphatic imine (C=N–C) groups is 1. The Morgan fingerprint density at radius 1 is 1.22 bits per heavy atom. The van der Waals surface area contributed by atoms with Crippen LogP contribution in [-0.4, -0.2) is 31.3 Å². The third-order valence-corrected chi connectivity index (χ3v) is 3.67. The van der Waals surface area contributed by atoms with Crippen molar-refractivity contribution in [3.05, 3.63) is 52.7 Å². The second-order valence-electron chi connectivity index (χ2n) is 5.36. The fourth-order valence-electron chi connectivity index (χ4n) is 2.40. The zero-order valence-corrected chi connectivity index (χ0v) is 13.8. The van der Waals surface area contributed by atoms with Gasteiger partial charge in [-0.1, -0.05) is 17.3 Å². The van der Waals surface area contributed by atoms with E-state index in [-0.39, 0.29) is 5.82 Å². The van der Waals surface area contributed by atoms with Gasteiger partial charge in [0.1, 0.15) is 11.6 Å². The second-order valence-corrected chi connectivity index (χ2v) is 5.36. The molecule has 23 heavy (non-hydrogen) atoms. The Kier molecular flexibility index (Phi) is 6.14. The zero-order chi connectivity index (χ0) is 16.7. The van der Waals surface area contributed by atoms with E-state index in [9.17, 15) is 4.39 Å². The zero-order valence-electron chi connectivity index (χ0n) is 13.8. The summed E-state index contributed by atoms with van der Waals surface area (Å²) in [4.78, 5) is 4.18. The monoisotopic (exact) mass is 318 g/mol. The van der Waals surface area contributed by atoms with Gasteiger partial charge in [-0.25, -0.2) is 4.39 Å². The molecule has 1 heterocycles. The number of hydrogen-bond donors (Lipinski definition) is 2. The number of guanidine groups is 1. The first-order valence-electron chi connectivity index (χ1n) is 7.71. The van der Waals surface area contributed by atoms with Crippen LogP contribution in [0.3, 0.4) is 0 Å². The molecule has 0 bridgehead atoms. The van der Waals surface area contributed by atoms with E-state index in [0.29, 0.717) is 6.54 Å². The highest BCUT2D eigenvalue weighted by Gasteiger charge is 2.08. The molecule has 0 fully saturated rings. The van der Waals surface area contributed by atoms with Gasteiger partial charge in [-0.05, 0) is 44.4 Å². The van der Waals surface area contributed by atoms with Crippen LogP contribution < -0.4 is 10.6 Å². The van der Waals surface area contributed by atoms with Crippen LogP contribution >= 0.6 is 0 Å². The van der Waals surface area contributed by atoms with Crippen molar-refractivity contribution in [3.8, 4) is 0 Å². The van der Waals surface area contributed by atoms with Gasteiger partial charge >= 0.3 is 0 Å². The van der Waals surface area contributed by atoms with Gasteiger partial charge in [0, 0.05) is 25.7 Å². The topological polar surface area (TPSA) is 62.5 Å². The first kappa shape index (κ1) is 17.0. The van der Waals surface area contributed by atoms with E-state index in [0.717, 1.165) is 47.9 Å². The molecule has 0 aliphatic carbocycles. The van der Waals surface area contributed by atoms with E-state index in [4.69, 9.17) is 4.52 Å². The molecule has 0 radical (unpaired) electrons. The number of halogens is 1. The molecule has 0 aliphatic heterocycles. The van der Waals surface area contributed by atoms with Crippen LogP contribution in [0.5, 0.6) is 0 Å². The maximum atomic E-state index is 13.1. The lowest BCUT2D eigenvalue weighted by Crippen LogP contribution is -2.39. The second kappa shape index (κ2) is 8.31. The normalized spacial score (nSPS) is 11.6. The molecule has 0 aliphatic rings. The minimum Gasteiger partial charge on any atom is -0.361 e. The standard InChI is InChI=1S/C17H23FN4O/c1-12-16(13(2)23-22-12)8-10-21-17(19-3)20-9-7-14-5-4-6-15(18)11-14/h4-6,11H,7-10H2,1-3H3,(H2,19,20,21). The van der Waals surface area contributed by atoms with Gasteiger partial charge in [0.25, 0.3) is 0 Å². The smallest absolute Gasteiger partial charge is 0.190 e. The van der Waals surface area contributed by atoms with Gasteiger partial charge in [0.2, 0.25) is 0 Å². The van der Waals surface area contributed by atoms with E-state index in [2.05, 4.69) is 20.8 Å². The minimum atomic E-state index is -0.204. The van der Waals surface area contributed by atoms with Crippen molar-refractivity contribution in [2.45, 2.75) is 26.7 Å². The van der Waals surface area contributed by atoms with Crippen molar-refractivity contribution in [2.24, 2.45) is 4.99 Å². The summed E-state index contributed by atoms with van der Waals surface area (Å²) in [5.41, 5.74) is 3.02. The predicted molar refractivity (Wildman–Crippen MR) is 89.1 cm³/mol. The van der Waals surface area contributed by atoms with Crippen LogP contribution in [0.15, 0.2) is 33.8 Å². The van der Waals surface area contributed by atoms with E-state index in [1.165, 1.54) is 6.07 Å². The first-order valence-corrected chi connectivity index (χ1v) is 7.71. The van der Waals surface area contributed by atoms with Gasteiger partial charge in [0.15, 0.2) is 5.96 Å². The Bertz CT molecular complexity index is 647. The number of hydrogen-bond acceptors (Lipinski definition) is 3. The Morgan fingerprint density at radius 2 is 1.96 bits per heavy atom. The number of aromatic nitrogens is 1. The number of benzene rings is 1. The van der Waals surface area contributed by atoms with E-state index >= 15 is 0 Å². The van der Waals surface area contributed by atoms with Gasteiger partial charge in [-0.3, -0.25) is 4.99 Å². The molecule has 124 valence electrons. The summed E-state index contributed by atoms with van der Waals surface area (Å²) < 4.78 is 18.3. The molecule has 0 amide bonds. The van der Waals surface area contributed by atoms with E-state index in [1.807, 2.05) is 19.9 Å². The van der Waals surface area contributed by atoms with Crippen LogP contribution in [0.1, 0.15) is 22.6 Å². The number of aryl methyl sites for hydroxylation is 2. The number of rotatable bonds is 6.